The second kappa shape index (κ2) is 37.3. The number of aryl methyl sites for hydroxylation is 3. The van der Waals surface area contributed by atoms with E-state index >= 15 is 0 Å². The van der Waals surface area contributed by atoms with Crippen LogP contribution in [0.1, 0.15) is 136 Å². The van der Waals surface area contributed by atoms with Crippen LogP contribution in [0.3, 0.4) is 0 Å². The highest BCUT2D eigenvalue weighted by Crippen LogP contribution is 2.28. The van der Waals surface area contributed by atoms with Crippen molar-refractivity contribution in [3.8, 4) is 0 Å². The average Bonchev–Trinajstić information content (AvgIpc) is 1.62. The van der Waals surface area contributed by atoms with E-state index in [2.05, 4.69) is 43.8 Å². The molecule has 3 atom stereocenters. The molecule has 3 saturated heterocycles. The molecule has 98 heavy (non-hydrogen) atoms. The lowest BCUT2D eigenvalue weighted by Gasteiger charge is -2.24. The fourth-order valence-electron chi connectivity index (χ4n) is 10.8. The summed E-state index contributed by atoms with van der Waals surface area (Å²) < 4.78 is 36.7. The molecule has 3 fully saturated rings. The highest BCUT2D eigenvalue weighted by atomic mass is 79.9. The van der Waals surface area contributed by atoms with E-state index in [-0.39, 0.29) is 79.8 Å². The molecule has 8 amide bonds. The lowest BCUT2D eigenvalue weighted by Crippen LogP contribution is -2.44. The molecule has 0 bridgehead atoms. The summed E-state index contributed by atoms with van der Waals surface area (Å²) in [6.45, 7) is 19.5. The smallest absolute Gasteiger partial charge is 0.410 e. The molecule has 3 unspecified atom stereocenters. The van der Waals surface area contributed by atoms with Crippen LogP contribution in [-0.4, -0.2) is 170 Å². The van der Waals surface area contributed by atoms with Gasteiger partial charge in [0.2, 0.25) is 35.4 Å². The summed E-state index contributed by atoms with van der Waals surface area (Å²) in [5.41, 5.74) is 4.64. The number of ether oxygens (including phenoxy) is 5. The highest BCUT2D eigenvalue weighted by molar-refractivity contribution is 9.10. The van der Waals surface area contributed by atoms with E-state index in [1.54, 1.807) is 45.9 Å². The molecular formula is C68H100BrN13O16. The van der Waals surface area contributed by atoms with E-state index in [0.717, 1.165) is 58.0 Å². The number of hydrogen-bond donors (Lipinski definition) is 5. The van der Waals surface area contributed by atoms with Crippen molar-refractivity contribution < 1.29 is 62.0 Å². The maximum Gasteiger partial charge on any atom is 0.410 e. The van der Waals surface area contributed by atoms with Gasteiger partial charge in [-0.25, -0.2) is 24.0 Å². The predicted octanol–water partition coefficient (Wildman–Crippen LogP) is 6.90. The van der Waals surface area contributed by atoms with Crippen molar-refractivity contribution in [3.05, 3.63) is 114 Å². The first-order chi connectivity index (χ1) is 45.4. The van der Waals surface area contributed by atoms with Gasteiger partial charge in [-0.15, -0.1) is 0 Å². The van der Waals surface area contributed by atoms with Crippen LogP contribution in [0.2, 0.25) is 0 Å². The van der Waals surface area contributed by atoms with Gasteiger partial charge in [-0.3, -0.25) is 72.1 Å². The topological polar surface area (TPSA) is 353 Å². The van der Waals surface area contributed by atoms with Crippen molar-refractivity contribution in [2.24, 2.45) is 21.1 Å². The van der Waals surface area contributed by atoms with Crippen molar-refractivity contribution in [1.82, 2.24) is 64.6 Å². The quantitative estimate of drug-likeness (QED) is 0.0262. The summed E-state index contributed by atoms with van der Waals surface area (Å²) in [7, 11) is 10.4. The Morgan fingerprint density at radius 1 is 0.551 bits per heavy atom. The minimum absolute atomic E-state index is 0. The first-order valence-corrected chi connectivity index (χ1v) is 32.8. The zero-order valence-corrected chi connectivity index (χ0v) is 59.4. The Hall–Kier alpha value is -8.71. The molecule has 30 heteroatoms. The predicted molar refractivity (Wildman–Crippen MR) is 376 cm³/mol. The van der Waals surface area contributed by atoms with E-state index in [4.69, 9.17) is 23.7 Å². The van der Waals surface area contributed by atoms with Crippen LogP contribution in [0.15, 0.2) is 86.3 Å². The second-order valence-electron chi connectivity index (χ2n) is 25.5. The van der Waals surface area contributed by atoms with Crippen LogP contribution in [0.4, 0.5) is 9.59 Å². The van der Waals surface area contributed by atoms with E-state index in [9.17, 15) is 52.7 Å². The number of hydrogen-bond acceptors (Lipinski definition) is 18. The molecule has 29 nitrogen and oxygen atoms in total. The van der Waals surface area contributed by atoms with Gasteiger partial charge in [0.1, 0.15) is 29.3 Å². The molecule has 3 aliphatic rings. The maximum atomic E-state index is 12.8. The third kappa shape index (κ3) is 22.4. The number of fused-ring (bicyclic) bond motifs is 3. The van der Waals surface area contributed by atoms with Crippen LogP contribution >= 0.6 is 15.9 Å². The number of imide groups is 3. The molecule has 0 aliphatic carbocycles. The molecule has 0 radical (unpaired) electrons. The number of imidazole rings is 3. The van der Waals surface area contributed by atoms with Gasteiger partial charge in [0.25, 0.3) is 0 Å². The van der Waals surface area contributed by atoms with Gasteiger partial charge >= 0.3 is 29.3 Å². The molecular weight excluding hydrogens is 1330 g/mol. The Balaban J connectivity index is 0.000000287. The van der Waals surface area contributed by atoms with Crippen LogP contribution in [0, 0.1) is 0 Å². The van der Waals surface area contributed by atoms with Crippen molar-refractivity contribution in [2.45, 2.75) is 149 Å². The number of rotatable bonds is 22. The SMILES string of the molecule is C.C=COCCCN(C)C(=O)OC(C)(C)C.CN(CCCOCCc1ccc2c(c1)n(C)c(=O)n2C1CCC(=O)NC1=O)C(=O)OC(C)(C)C.CNCCCOCCc1ccc2c(c1)n(C)c(=O)n2C1CCC(=O)NC1=O.Cn1c(=O)n(C2CCC(=O)NC2=O)c2ccc(Br)cc21.N. The molecule has 3 aliphatic heterocycles. The Bertz CT molecular complexity index is 3980. The number of aromatic nitrogens is 6. The molecule has 3 aromatic heterocycles. The molecule has 540 valence electrons. The normalized spacial score (nSPS) is 16.2. The molecule has 3 aromatic carbocycles. The second-order valence-corrected chi connectivity index (χ2v) is 26.5. The zero-order chi connectivity index (χ0) is 70.8. The number of halogens is 1. The van der Waals surface area contributed by atoms with Crippen LogP contribution in [-0.2, 0) is 86.4 Å². The average molecular weight is 1440 g/mol. The number of benzene rings is 3. The van der Waals surface area contributed by atoms with Gasteiger partial charge in [-0.1, -0.05) is 42.1 Å². The minimum Gasteiger partial charge on any atom is -0.502 e. The number of carbonyl (C=O) groups is 8. The number of amides is 8. The maximum absolute atomic E-state index is 12.8. The minimum atomic E-state index is -0.693. The number of nitrogens with one attached hydrogen (secondary N) is 4. The molecule has 0 spiro atoms. The first-order valence-electron chi connectivity index (χ1n) is 32.0. The summed E-state index contributed by atoms with van der Waals surface area (Å²) in [6.07, 6.45) is 6.28. The van der Waals surface area contributed by atoms with Crippen LogP contribution in [0.25, 0.3) is 33.1 Å². The Morgan fingerprint density at radius 3 is 1.24 bits per heavy atom. The number of nitrogens with zero attached hydrogens (tertiary/aromatic N) is 8. The zero-order valence-electron chi connectivity index (χ0n) is 57.8. The Labute approximate surface area is 579 Å². The largest absolute Gasteiger partial charge is 0.502 e. The van der Waals surface area contributed by atoms with Gasteiger partial charge < -0.3 is 45.0 Å². The fourth-order valence-corrected chi connectivity index (χ4v) is 11.2. The fraction of sp³-hybridized carbons (Fsp3) is 0.544. The molecule has 9 rings (SSSR count). The number of carbonyl (C=O) groups excluding carboxylic acids is 8. The molecule has 6 heterocycles. The third-order valence-corrected chi connectivity index (χ3v) is 16.3. The van der Waals surface area contributed by atoms with E-state index < -0.39 is 47.0 Å². The summed E-state index contributed by atoms with van der Waals surface area (Å²) >= 11 is 3.37. The van der Waals surface area contributed by atoms with Crippen LogP contribution in [0.5, 0.6) is 0 Å². The monoisotopic (exact) mass is 1430 g/mol. The lowest BCUT2D eigenvalue weighted by molar-refractivity contribution is -0.137. The Kier molecular flexibility index (Phi) is 31.1. The highest BCUT2D eigenvalue weighted by Gasteiger charge is 2.34. The van der Waals surface area contributed by atoms with Crippen molar-refractivity contribution in [1.29, 1.82) is 0 Å². The lowest BCUT2D eigenvalue weighted by atomic mass is 10.1. The van der Waals surface area contributed by atoms with Crippen molar-refractivity contribution in [3.63, 3.8) is 0 Å². The van der Waals surface area contributed by atoms with Gasteiger partial charge in [0, 0.05) is 85.3 Å². The summed E-state index contributed by atoms with van der Waals surface area (Å²) in [5.74, 6) is -2.17. The van der Waals surface area contributed by atoms with Crippen molar-refractivity contribution >= 4 is 96.7 Å². The summed E-state index contributed by atoms with van der Waals surface area (Å²) in [6, 6.07) is 15.0. The van der Waals surface area contributed by atoms with Gasteiger partial charge in [0.05, 0.1) is 59.2 Å². The van der Waals surface area contributed by atoms with E-state index in [0.29, 0.717) is 94.8 Å². The van der Waals surface area contributed by atoms with Crippen molar-refractivity contribution in [2.75, 3.05) is 73.8 Å². The summed E-state index contributed by atoms with van der Waals surface area (Å²) in [5, 5.41) is 10.0. The van der Waals surface area contributed by atoms with Gasteiger partial charge in [0.15, 0.2) is 0 Å². The van der Waals surface area contributed by atoms with Crippen LogP contribution < -0.4 is 44.5 Å². The standard InChI is InChI=1S/C24H34N4O6.C19H26N4O4.C13H12BrN3O3.C11H21NO3.CH4.H3N/c1-24(2,3)34-23(32)26(4)12-6-13-33-14-11-16-7-8-17-19(15-16)27(5)22(31)28(17)18-9-10-20(29)25-21(18)30;1-20-9-3-10-27-11-8-13-4-5-14-16(12-13)22(2)19(26)23(14)15-6-7-17(24)21-18(15)25;1-16-10-6-7(14)2-3-8(10)17(13(16)20)9-4-5-11(18)15-12(9)19;1-6-14-9-7-8-12(5)10(13)15-11(2,3)4;;/h7-8,15,18H,6,9-14H2,1-5H3,(H,25,29,30);4-5,12,15,20H,3,6-11H2,1-2H3,(H,21,24,25);2-3,6,9H,4-5H2,1H3,(H,15,18,19);6H,1,7-9H2,2-5H3;1H4;1H3. The van der Waals surface area contributed by atoms with E-state index in [1.807, 2.05) is 97.1 Å². The Morgan fingerprint density at radius 2 is 0.898 bits per heavy atom. The molecule has 7 N–H and O–H groups in total. The summed E-state index contributed by atoms with van der Waals surface area (Å²) in [4.78, 5) is 135. The first kappa shape index (κ1) is 81.7. The molecule has 0 saturated carbocycles. The van der Waals surface area contributed by atoms with Gasteiger partial charge in [-0.05, 0) is 160 Å². The van der Waals surface area contributed by atoms with Gasteiger partial charge in [-0.2, -0.15) is 0 Å². The third-order valence-electron chi connectivity index (χ3n) is 15.8. The molecule has 6 aromatic rings. The number of piperidine rings is 3. The van der Waals surface area contributed by atoms with E-state index in [1.165, 1.54) is 38.9 Å².